The van der Waals surface area contributed by atoms with Crippen LogP contribution >= 0.6 is 0 Å². The van der Waals surface area contributed by atoms with Crippen molar-refractivity contribution in [2.24, 2.45) is 14.1 Å². The second-order valence-electron chi connectivity index (χ2n) is 4.38. The van der Waals surface area contributed by atoms with E-state index in [0.29, 0.717) is 18.5 Å². The van der Waals surface area contributed by atoms with Gasteiger partial charge in [0.05, 0.1) is 5.69 Å². The highest BCUT2D eigenvalue weighted by Gasteiger charge is 2.13. The highest BCUT2D eigenvalue weighted by atomic mass is 16.1. The van der Waals surface area contributed by atoms with Gasteiger partial charge < -0.3 is 4.57 Å². The zero-order chi connectivity index (χ0) is 13.1. The van der Waals surface area contributed by atoms with E-state index in [2.05, 4.69) is 10.1 Å². The molecule has 2 rings (SSSR count). The number of ketones is 1. The summed E-state index contributed by atoms with van der Waals surface area (Å²) in [5.41, 5.74) is 1.64. The van der Waals surface area contributed by atoms with Gasteiger partial charge in [-0.3, -0.25) is 9.48 Å². The summed E-state index contributed by atoms with van der Waals surface area (Å²) in [4.78, 5) is 16.3. The van der Waals surface area contributed by atoms with Crippen molar-refractivity contribution in [2.75, 3.05) is 0 Å². The van der Waals surface area contributed by atoms with Crippen LogP contribution in [0.4, 0.5) is 0 Å². The van der Waals surface area contributed by atoms with Crippen molar-refractivity contribution >= 4 is 5.78 Å². The molecule has 2 aromatic heterocycles. The van der Waals surface area contributed by atoms with Gasteiger partial charge in [-0.2, -0.15) is 5.10 Å². The Morgan fingerprint density at radius 1 is 1.39 bits per heavy atom. The Morgan fingerprint density at radius 3 is 2.72 bits per heavy atom. The third-order valence-electron chi connectivity index (χ3n) is 3.07. The number of hydrogen-bond acceptors (Lipinski definition) is 3. The summed E-state index contributed by atoms with van der Waals surface area (Å²) in [6.07, 6.45) is 5.61. The zero-order valence-electron chi connectivity index (χ0n) is 11.1. The molecule has 5 heteroatoms. The molecular weight excluding hydrogens is 228 g/mol. The molecule has 0 aliphatic heterocycles. The van der Waals surface area contributed by atoms with Crippen LogP contribution in [-0.4, -0.2) is 25.1 Å². The van der Waals surface area contributed by atoms with Crippen molar-refractivity contribution in [3.63, 3.8) is 0 Å². The number of hydrogen-bond donors (Lipinski definition) is 0. The van der Waals surface area contributed by atoms with Crippen molar-refractivity contribution in [2.45, 2.75) is 26.2 Å². The van der Waals surface area contributed by atoms with Gasteiger partial charge in [0.15, 0.2) is 5.78 Å². The lowest BCUT2D eigenvalue weighted by molar-refractivity contribution is 0.0973. The fourth-order valence-corrected chi connectivity index (χ4v) is 1.95. The number of aromatic nitrogens is 4. The van der Waals surface area contributed by atoms with Crippen LogP contribution in [0.1, 0.15) is 35.4 Å². The van der Waals surface area contributed by atoms with Gasteiger partial charge >= 0.3 is 0 Å². The third-order valence-corrected chi connectivity index (χ3v) is 3.07. The second kappa shape index (κ2) is 5.16. The molecular formula is C13H18N4O. The molecule has 0 fully saturated rings. The van der Waals surface area contributed by atoms with Gasteiger partial charge in [0.1, 0.15) is 11.5 Å². The monoisotopic (exact) mass is 246 g/mol. The molecule has 0 aliphatic carbocycles. The van der Waals surface area contributed by atoms with E-state index in [1.165, 1.54) is 0 Å². The third kappa shape index (κ3) is 2.50. The lowest BCUT2D eigenvalue weighted by atomic mass is 10.1. The SMILES string of the molecule is CCc1cc(C(=O)CCc2nccn2C)n(C)n1. The second-order valence-corrected chi connectivity index (χ2v) is 4.38. The Labute approximate surface area is 106 Å². The molecule has 0 bridgehead atoms. The molecule has 2 aromatic rings. The summed E-state index contributed by atoms with van der Waals surface area (Å²) in [5, 5.41) is 4.29. The number of rotatable bonds is 5. The summed E-state index contributed by atoms with van der Waals surface area (Å²) in [7, 11) is 3.75. The smallest absolute Gasteiger partial charge is 0.181 e. The number of Topliss-reactive ketones (excluding diaryl/α,β-unsaturated/α-hetero) is 1. The average Bonchev–Trinajstić information content (AvgIpc) is 2.92. The van der Waals surface area contributed by atoms with Gasteiger partial charge in [0.25, 0.3) is 0 Å². The maximum Gasteiger partial charge on any atom is 0.181 e. The molecule has 0 N–H and O–H groups in total. The maximum atomic E-state index is 12.1. The van der Waals surface area contributed by atoms with Gasteiger partial charge in [-0.1, -0.05) is 6.92 Å². The number of aryl methyl sites for hydroxylation is 4. The molecule has 0 spiro atoms. The predicted molar refractivity (Wildman–Crippen MR) is 68.4 cm³/mol. The Bertz CT molecular complexity index is 553. The summed E-state index contributed by atoms with van der Waals surface area (Å²) in [5.74, 6) is 1.05. The minimum Gasteiger partial charge on any atom is -0.338 e. The Hall–Kier alpha value is -1.91. The van der Waals surface area contributed by atoms with Gasteiger partial charge in [-0.05, 0) is 12.5 Å². The van der Waals surface area contributed by atoms with E-state index >= 15 is 0 Å². The molecule has 5 nitrogen and oxygen atoms in total. The highest BCUT2D eigenvalue weighted by Crippen LogP contribution is 2.09. The van der Waals surface area contributed by atoms with E-state index in [1.807, 2.05) is 37.8 Å². The average molecular weight is 246 g/mol. The maximum absolute atomic E-state index is 12.1. The Balaban J connectivity index is 2.03. The van der Waals surface area contributed by atoms with E-state index < -0.39 is 0 Å². The van der Waals surface area contributed by atoms with Crippen LogP contribution in [0.2, 0.25) is 0 Å². The van der Waals surface area contributed by atoms with E-state index in [4.69, 9.17) is 0 Å². The van der Waals surface area contributed by atoms with E-state index in [9.17, 15) is 4.79 Å². The predicted octanol–water partition coefficient (Wildman–Crippen LogP) is 1.53. The first-order valence-corrected chi connectivity index (χ1v) is 6.14. The summed E-state index contributed by atoms with van der Waals surface area (Å²) >= 11 is 0. The van der Waals surface area contributed by atoms with E-state index in [-0.39, 0.29) is 5.78 Å². The molecule has 96 valence electrons. The first-order chi connectivity index (χ1) is 8.61. The van der Waals surface area contributed by atoms with Crippen LogP contribution < -0.4 is 0 Å². The highest BCUT2D eigenvalue weighted by molar-refractivity contribution is 5.94. The molecule has 0 saturated heterocycles. The first kappa shape index (κ1) is 12.5. The van der Waals surface area contributed by atoms with E-state index in [0.717, 1.165) is 17.9 Å². The Kier molecular flexibility index (Phi) is 3.60. The van der Waals surface area contributed by atoms with Crippen molar-refractivity contribution in [1.82, 2.24) is 19.3 Å². The number of carbonyl (C=O) groups is 1. The molecule has 0 unspecified atom stereocenters. The molecule has 2 heterocycles. The quantitative estimate of drug-likeness (QED) is 0.752. The molecule has 0 aromatic carbocycles. The molecule has 0 radical (unpaired) electrons. The lowest BCUT2D eigenvalue weighted by Crippen LogP contribution is -2.09. The van der Waals surface area contributed by atoms with Gasteiger partial charge in [0, 0.05) is 39.3 Å². The van der Waals surface area contributed by atoms with E-state index in [1.54, 1.807) is 10.9 Å². The van der Waals surface area contributed by atoms with Gasteiger partial charge in [-0.25, -0.2) is 4.98 Å². The van der Waals surface area contributed by atoms with Crippen LogP contribution in [0.25, 0.3) is 0 Å². The fraction of sp³-hybridized carbons (Fsp3) is 0.462. The first-order valence-electron chi connectivity index (χ1n) is 6.14. The lowest BCUT2D eigenvalue weighted by Gasteiger charge is -2.02. The van der Waals surface area contributed by atoms with Crippen molar-refractivity contribution in [1.29, 1.82) is 0 Å². The van der Waals surface area contributed by atoms with Crippen LogP contribution in [-0.2, 0) is 26.9 Å². The van der Waals surface area contributed by atoms with Crippen molar-refractivity contribution in [3.8, 4) is 0 Å². The minimum atomic E-state index is 0.118. The van der Waals surface area contributed by atoms with Crippen LogP contribution in [0, 0.1) is 0 Å². The standard InChI is InChI=1S/C13H18N4O/c1-4-10-9-11(17(3)15-10)12(18)5-6-13-14-7-8-16(13)2/h7-9H,4-6H2,1-3H3. The van der Waals surface area contributed by atoms with Crippen molar-refractivity contribution < 1.29 is 4.79 Å². The summed E-state index contributed by atoms with van der Waals surface area (Å²) in [6.45, 7) is 2.03. The molecule has 0 aliphatic rings. The number of nitrogens with zero attached hydrogens (tertiary/aromatic N) is 4. The number of imidazole rings is 1. The minimum absolute atomic E-state index is 0.118. The molecule has 0 saturated carbocycles. The van der Waals surface area contributed by atoms with Crippen molar-refractivity contribution in [3.05, 3.63) is 35.7 Å². The molecule has 0 atom stereocenters. The summed E-state index contributed by atoms with van der Waals surface area (Å²) in [6, 6.07) is 1.88. The molecule has 18 heavy (non-hydrogen) atoms. The normalized spacial score (nSPS) is 10.8. The molecule has 0 amide bonds. The Morgan fingerprint density at radius 2 is 2.17 bits per heavy atom. The number of carbonyl (C=O) groups excluding carboxylic acids is 1. The van der Waals surface area contributed by atoms with Gasteiger partial charge in [-0.15, -0.1) is 0 Å². The van der Waals surface area contributed by atoms with Crippen LogP contribution in [0.3, 0.4) is 0 Å². The zero-order valence-corrected chi connectivity index (χ0v) is 11.1. The fourth-order valence-electron chi connectivity index (χ4n) is 1.95. The van der Waals surface area contributed by atoms with Crippen LogP contribution in [0.15, 0.2) is 18.5 Å². The van der Waals surface area contributed by atoms with Crippen LogP contribution in [0.5, 0.6) is 0 Å². The van der Waals surface area contributed by atoms with Gasteiger partial charge in [0.2, 0.25) is 0 Å². The summed E-state index contributed by atoms with van der Waals surface area (Å²) < 4.78 is 3.60. The largest absolute Gasteiger partial charge is 0.338 e. The topological polar surface area (TPSA) is 52.7 Å².